The number of ether oxygens (including phenoxy) is 1. The number of hydrogen-bond donors (Lipinski definition) is 1. The number of esters is 1. The third-order valence-electron chi connectivity index (χ3n) is 2.48. The molecule has 0 aliphatic heterocycles. The summed E-state index contributed by atoms with van der Waals surface area (Å²) in [5, 5.41) is 3.35. The first-order valence-electron chi connectivity index (χ1n) is 5.90. The lowest BCUT2D eigenvalue weighted by Gasteiger charge is -2.06. The molecule has 0 aliphatic carbocycles. The van der Waals surface area contributed by atoms with Gasteiger partial charge in [-0.2, -0.15) is 0 Å². The van der Waals surface area contributed by atoms with Gasteiger partial charge < -0.3 is 10.1 Å². The maximum absolute atomic E-state index is 12.0. The molecule has 2 rings (SSSR count). The van der Waals surface area contributed by atoms with Crippen molar-refractivity contribution in [3.05, 3.63) is 59.1 Å². The van der Waals surface area contributed by atoms with Crippen molar-refractivity contribution in [1.82, 2.24) is 0 Å². The summed E-state index contributed by atoms with van der Waals surface area (Å²) in [7, 11) is 0. The van der Waals surface area contributed by atoms with Crippen LogP contribution in [0.5, 0.6) is 5.75 Å². The molecule has 0 fully saturated rings. The van der Waals surface area contributed by atoms with Gasteiger partial charge in [0.15, 0.2) is 0 Å². The lowest BCUT2D eigenvalue weighted by atomic mass is 10.2. The van der Waals surface area contributed by atoms with Crippen molar-refractivity contribution >= 4 is 29.2 Å². The highest BCUT2D eigenvalue weighted by molar-refractivity contribution is 6.30. The van der Waals surface area contributed by atoms with Crippen LogP contribution in [-0.4, -0.2) is 11.9 Å². The molecule has 2 aromatic rings. The van der Waals surface area contributed by atoms with Crippen molar-refractivity contribution in [2.45, 2.75) is 6.92 Å². The van der Waals surface area contributed by atoms with Crippen molar-refractivity contribution in [2.75, 3.05) is 5.32 Å². The lowest BCUT2D eigenvalue weighted by molar-refractivity contribution is -0.131. The first-order chi connectivity index (χ1) is 9.54. The highest BCUT2D eigenvalue weighted by Gasteiger charge is 2.06. The van der Waals surface area contributed by atoms with Crippen LogP contribution in [0.3, 0.4) is 0 Å². The molecule has 102 valence electrons. The first kappa shape index (κ1) is 14.1. The van der Waals surface area contributed by atoms with E-state index in [4.69, 9.17) is 16.3 Å². The summed E-state index contributed by atoms with van der Waals surface area (Å²) in [6.07, 6.45) is 0. The van der Waals surface area contributed by atoms with E-state index in [2.05, 4.69) is 5.32 Å². The number of benzene rings is 2. The molecule has 0 aliphatic rings. The predicted octanol–water partition coefficient (Wildman–Crippen LogP) is 3.52. The Morgan fingerprint density at radius 3 is 2.15 bits per heavy atom. The Morgan fingerprint density at radius 1 is 1.00 bits per heavy atom. The minimum atomic E-state index is -0.400. The van der Waals surface area contributed by atoms with E-state index in [1.165, 1.54) is 6.92 Å². The SMILES string of the molecule is CC(=O)Oc1ccc(C(=O)Nc2ccc(Cl)cc2)cc1. The standard InChI is InChI=1S/C15H12ClNO3/c1-10(18)20-14-8-2-11(3-9-14)15(19)17-13-6-4-12(16)5-7-13/h2-9H,1H3,(H,17,19). The molecule has 2 aromatic carbocycles. The monoisotopic (exact) mass is 289 g/mol. The smallest absolute Gasteiger partial charge is 0.308 e. The summed E-state index contributed by atoms with van der Waals surface area (Å²) in [5.74, 6) is -0.245. The second-order valence-corrected chi connectivity index (χ2v) is 4.52. The molecule has 0 saturated heterocycles. The molecule has 0 aromatic heterocycles. The summed E-state index contributed by atoms with van der Waals surface area (Å²) in [6, 6.07) is 13.1. The summed E-state index contributed by atoms with van der Waals surface area (Å²) >= 11 is 5.77. The fourth-order valence-corrected chi connectivity index (χ4v) is 1.70. The zero-order valence-electron chi connectivity index (χ0n) is 10.7. The Morgan fingerprint density at radius 2 is 1.60 bits per heavy atom. The third kappa shape index (κ3) is 3.83. The zero-order valence-corrected chi connectivity index (χ0v) is 11.5. The maximum atomic E-state index is 12.0. The molecule has 0 unspecified atom stereocenters. The molecular weight excluding hydrogens is 278 g/mol. The molecule has 0 bridgehead atoms. The van der Waals surface area contributed by atoms with Crippen molar-refractivity contribution < 1.29 is 14.3 Å². The quantitative estimate of drug-likeness (QED) is 0.695. The molecule has 0 heterocycles. The molecule has 0 atom stereocenters. The Labute approximate surface area is 121 Å². The molecular formula is C15H12ClNO3. The molecule has 0 saturated carbocycles. The van der Waals surface area contributed by atoms with Crippen molar-refractivity contribution in [3.8, 4) is 5.75 Å². The zero-order chi connectivity index (χ0) is 14.5. The van der Waals surface area contributed by atoms with Crippen LogP contribution < -0.4 is 10.1 Å². The van der Waals surface area contributed by atoms with E-state index in [0.29, 0.717) is 22.0 Å². The number of hydrogen-bond acceptors (Lipinski definition) is 3. The number of carbonyl (C=O) groups is 2. The van der Waals surface area contributed by atoms with Crippen molar-refractivity contribution in [3.63, 3.8) is 0 Å². The largest absolute Gasteiger partial charge is 0.427 e. The van der Waals surface area contributed by atoms with Crippen LogP contribution in [0.15, 0.2) is 48.5 Å². The summed E-state index contributed by atoms with van der Waals surface area (Å²) in [5.41, 5.74) is 1.12. The molecule has 1 N–H and O–H groups in total. The minimum Gasteiger partial charge on any atom is -0.427 e. The number of nitrogens with one attached hydrogen (secondary N) is 1. The number of amides is 1. The van der Waals surface area contributed by atoms with Gasteiger partial charge in [0.2, 0.25) is 0 Å². The normalized spacial score (nSPS) is 9.90. The number of anilines is 1. The molecule has 0 radical (unpaired) electrons. The highest BCUT2D eigenvalue weighted by atomic mass is 35.5. The molecule has 0 spiro atoms. The van der Waals surface area contributed by atoms with E-state index < -0.39 is 5.97 Å². The number of carbonyl (C=O) groups excluding carboxylic acids is 2. The van der Waals surface area contributed by atoms with Gasteiger partial charge in [-0.15, -0.1) is 0 Å². The average molecular weight is 290 g/mol. The van der Waals surface area contributed by atoms with E-state index in [0.717, 1.165) is 0 Å². The number of halogens is 1. The van der Waals surface area contributed by atoms with E-state index in [1.54, 1.807) is 48.5 Å². The Kier molecular flexibility index (Phi) is 4.38. The summed E-state index contributed by atoms with van der Waals surface area (Å²) in [4.78, 5) is 22.8. The minimum absolute atomic E-state index is 0.248. The van der Waals surface area contributed by atoms with Gasteiger partial charge in [0.05, 0.1) is 0 Å². The maximum Gasteiger partial charge on any atom is 0.308 e. The van der Waals surface area contributed by atoms with Gasteiger partial charge in [0.1, 0.15) is 5.75 Å². The second kappa shape index (κ2) is 6.21. The Hall–Kier alpha value is -2.33. The van der Waals surface area contributed by atoms with E-state index in [-0.39, 0.29) is 5.91 Å². The topological polar surface area (TPSA) is 55.4 Å². The fourth-order valence-electron chi connectivity index (χ4n) is 1.58. The number of rotatable bonds is 3. The van der Waals surface area contributed by atoms with Crippen molar-refractivity contribution in [1.29, 1.82) is 0 Å². The van der Waals surface area contributed by atoms with Gasteiger partial charge in [-0.25, -0.2) is 0 Å². The van der Waals surface area contributed by atoms with Gasteiger partial charge in [-0.1, -0.05) is 11.6 Å². The average Bonchev–Trinajstić information content (AvgIpc) is 2.41. The van der Waals surface area contributed by atoms with Crippen LogP contribution in [0.25, 0.3) is 0 Å². The van der Waals surface area contributed by atoms with Crippen LogP contribution in [0.2, 0.25) is 5.02 Å². The summed E-state index contributed by atoms with van der Waals surface area (Å²) in [6.45, 7) is 1.32. The first-order valence-corrected chi connectivity index (χ1v) is 6.28. The third-order valence-corrected chi connectivity index (χ3v) is 2.73. The van der Waals surface area contributed by atoms with Gasteiger partial charge >= 0.3 is 5.97 Å². The lowest BCUT2D eigenvalue weighted by Crippen LogP contribution is -2.11. The Bertz CT molecular complexity index is 621. The predicted molar refractivity (Wildman–Crippen MR) is 77.2 cm³/mol. The second-order valence-electron chi connectivity index (χ2n) is 4.08. The van der Waals surface area contributed by atoms with E-state index >= 15 is 0 Å². The van der Waals surface area contributed by atoms with Crippen LogP contribution in [-0.2, 0) is 4.79 Å². The van der Waals surface area contributed by atoms with Crippen LogP contribution >= 0.6 is 11.6 Å². The van der Waals surface area contributed by atoms with Gasteiger partial charge in [0.25, 0.3) is 5.91 Å². The van der Waals surface area contributed by atoms with Crippen molar-refractivity contribution in [2.24, 2.45) is 0 Å². The van der Waals surface area contributed by atoms with Gasteiger partial charge in [0, 0.05) is 23.2 Å². The highest BCUT2D eigenvalue weighted by Crippen LogP contribution is 2.16. The van der Waals surface area contributed by atoms with Crippen LogP contribution in [0.4, 0.5) is 5.69 Å². The van der Waals surface area contributed by atoms with E-state index in [1.807, 2.05) is 0 Å². The molecule has 20 heavy (non-hydrogen) atoms. The fraction of sp³-hybridized carbons (Fsp3) is 0.0667. The van der Waals surface area contributed by atoms with E-state index in [9.17, 15) is 9.59 Å². The summed E-state index contributed by atoms with van der Waals surface area (Å²) < 4.78 is 4.90. The molecule has 4 nitrogen and oxygen atoms in total. The van der Waals surface area contributed by atoms with Gasteiger partial charge in [-0.3, -0.25) is 9.59 Å². The molecule has 1 amide bonds. The molecule has 5 heteroatoms. The van der Waals surface area contributed by atoms with Crippen LogP contribution in [0, 0.1) is 0 Å². The van der Waals surface area contributed by atoms with Crippen LogP contribution in [0.1, 0.15) is 17.3 Å². The van der Waals surface area contributed by atoms with Gasteiger partial charge in [-0.05, 0) is 48.5 Å². The Balaban J connectivity index is 2.05.